The normalized spacial score (nSPS) is 10.0. The van der Waals surface area contributed by atoms with E-state index in [-0.39, 0.29) is 5.91 Å². The third-order valence-corrected chi connectivity index (χ3v) is 3.86. The quantitative estimate of drug-likeness (QED) is 0.458. The Hall–Kier alpha value is -2.20. The Morgan fingerprint density at radius 3 is 2.55 bits per heavy atom. The van der Waals surface area contributed by atoms with Crippen molar-refractivity contribution in [1.29, 1.82) is 0 Å². The fraction of sp³-hybridized carbons (Fsp3) is 0.167. The first kappa shape index (κ1) is 16.2. The maximum absolute atomic E-state index is 11.7. The maximum Gasteiger partial charge on any atom is 0.251 e. The summed E-state index contributed by atoms with van der Waals surface area (Å²) in [6.45, 7) is 4.66. The van der Waals surface area contributed by atoms with Crippen molar-refractivity contribution in [3.8, 4) is 5.75 Å². The van der Waals surface area contributed by atoms with Gasteiger partial charge in [-0.2, -0.15) is 0 Å². The molecule has 0 unspecified atom stereocenters. The predicted molar refractivity (Wildman–Crippen MR) is 91.6 cm³/mol. The van der Waals surface area contributed by atoms with Crippen molar-refractivity contribution in [2.45, 2.75) is 4.90 Å². The summed E-state index contributed by atoms with van der Waals surface area (Å²) >= 11 is 1.76. The molecule has 1 amide bonds. The molecule has 0 aromatic heterocycles. The van der Waals surface area contributed by atoms with Gasteiger partial charge in [-0.3, -0.25) is 4.79 Å². The number of nitrogens with one attached hydrogen (secondary N) is 1. The van der Waals surface area contributed by atoms with Gasteiger partial charge in [0.25, 0.3) is 5.91 Å². The molecule has 0 aliphatic carbocycles. The molecular formula is C18H19NO2S. The maximum atomic E-state index is 11.7. The van der Waals surface area contributed by atoms with Crippen LogP contribution in [0, 0.1) is 0 Å². The van der Waals surface area contributed by atoms with E-state index in [1.165, 1.54) is 4.90 Å². The molecular weight excluding hydrogens is 294 g/mol. The molecule has 0 atom stereocenters. The van der Waals surface area contributed by atoms with E-state index in [1.54, 1.807) is 30.0 Å². The van der Waals surface area contributed by atoms with Crippen LogP contribution in [0.5, 0.6) is 5.75 Å². The highest BCUT2D eigenvalue weighted by atomic mass is 32.2. The molecule has 0 saturated heterocycles. The first-order chi connectivity index (χ1) is 10.8. The van der Waals surface area contributed by atoms with Crippen molar-refractivity contribution in [2.24, 2.45) is 0 Å². The number of rotatable bonds is 8. The summed E-state index contributed by atoms with van der Waals surface area (Å²) in [5.41, 5.74) is 0.618. The van der Waals surface area contributed by atoms with Gasteiger partial charge in [-0.15, -0.1) is 18.3 Å². The lowest BCUT2D eigenvalue weighted by Crippen LogP contribution is -2.22. The average Bonchev–Trinajstić information content (AvgIpc) is 2.58. The van der Waals surface area contributed by atoms with Crippen molar-refractivity contribution in [1.82, 2.24) is 5.32 Å². The van der Waals surface area contributed by atoms with Gasteiger partial charge in [-0.1, -0.05) is 24.3 Å². The first-order valence-electron chi connectivity index (χ1n) is 7.09. The second kappa shape index (κ2) is 8.95. The lowest BCUT2D eigenvalue weighted by molar-refractivity contribution is 0.0958. The van der Waals surface area contributed by atoms with E-state index in [2.05, 4.69) is 24.0 Å². The predicted octanol–water partition coefficient (Wildman–Crippen LogP) is 3.77. The molecule has 0 fully saturated rings. The largest absolute Gasteiger partial charge is 0.493 e. The minimum absolute atomic E-state index is 0.105. The molecule has 0 aliphatic heterocycles. The van der Waals surface area contributed by atoms with Crippen LogP contribution in [-0.2, 0) is 0 Å². The number of hydrogen-bond acceptors (Lipinski definition) is 3. The molecule has 2 rings (SSSR count). The van der Waals surface area contributed by atoms with Crippen LogP contribution < -0.4 is 10.1 Å². The summed E-state index contributed by atoms with van der Waals surface area (Å²) in [4.78, 5) is 13.0. The van der Waals surface area contributed by atoms with Gasteiger partial charge < -0.3 is 10.1 Å². The van der Waals surface area contributed by atoms with Crippen molar-refractivity contribution in [3.05, 3.63) is 72.8 Å². The summed E-state index contributed by atoms with van der Waals surface area (Å²) in [5.74, 6) is 1.55. The highest BCUT2D eigenvalue weighted by molar-refractivity contribution is 7.99. The average molecular weight is 313 g/mol. The Bertz CT molecular complexity index is 596. The smallest absolute Gasteiger partial charge is 0.251 e. The Morgan fingerprint density at radius 1 is 1.14 bits per heavy atom. The molecule has 0 spiro atoms. The summed E-state index contributed by atoms with van der Waals surface area (Å²) in [5, 5.41) is 2.74. The van der Waals surface area contributed by atoms with Gasteiger partial charge in [0.1, 0.15) is 5.75 Å². The van der Waals surface area contributed by atoms with Gasteiger partial charge >= 0.3 is 0 Å². The summed E-state index contributed by atoms with van der Waals surface area (Å²) in [7, 11) is 0. The molecule has 4 heteroatoms. The van der Waals surface area contributed by atoms with E-state index in [0.717, 1.165) is 11.5 Å². The Morgan fingerprint density at radius 2 is 1.86 bits per heavy atom. The SMILES string of the molecule is C=CCNC(=O)c1ccc(OCCSc2ccccc2)cc1. The first-order valence-corrected chi connectivity index (χ1v) is 8.08. The van der Waals surface area contributed by atoms with Crippen LogP contribution in [0.25, 0.3) is 0 Å². The second-order valence-electron chi connectivity index (χ2n) is 4.53. The van der Waals surface area contributed by atoms with Crippen LogP contribution in [-0.4, -0.2) is 24.8 Å². The number of benzene rings is 2. The molecule has 0 radical (unpaired) electrons. The number of thioether (sulfide) groups is 1. The van der Waals surface area contributed by atoms with Gasteiger partial charge in [-0.25, -0.2) is 0 Å². The van der Waals surface area contributed by atoms with Crippen molar-refractivity contribution in [3.63, 3.8) is 0 Å². The molecule has 0 aliphatic rings. The van der Waals surface area contributed by atoms with E-state index >= 15 is 0 Å². The van der Waals surface area contributed by atoms with Crippen molar-refractivity contribution < 1.29 is 9.53 Å². The summed E-state index contributed by atoms with van der Waals surface area (Å²) < 4.78 is 5.67. The van der Waals surface area contributed by atoms with Crippen molar-refractivity contribution >= 4 is 17.7 Å². The van der Waals surface area contributed by atoms with Crippen molar-refractivity contribution in [2.75, 3.05) is 18.9 Å². The number of carbonyl (C=O) groups excluding carboxylic acids is 1. The third kappa shape index (κ3) is 5.30. The zero-order chi connectivity index (χ0) is 15.6. The summed E-state index contributed by atoms with van der Waals surface area (Å²) in [6, 6.07) is 17.4. The van der Waals surface area contributed by atoms with Gasteiger partial charge in [0.05, 0.1) is 6.61 Å². The number of ether oxygens (including phenoxy) is 1. The van der Waals surface area contributed by atoms with Crippen LogP contribution in [0.15, 0.2) is 72.1 Å². The monoisotopic (exact) mass is 313 g/mol. The highest BCUT2D eigenvalue weighted by Gasteiger charge is 2.04. The molecule has 0 saturated carbocycles. The van der Waals surface area contributed by atoms with Crippen LogP contribution in [0.4, 0.5) is 0 Å². The second-order valence-corrected chi connectivity index (χ2v) is 5.70. The summed E-state index contributed by atoms with van der Waals surface area (Å²) in [6.07, 6.45) is 1.65. The Kier molecular flexibility index (Phi) is 6.58. The van der Waals surface area contributed by atoms with Crippen LogP contribution in [0.2, 0.25) is 0 Å². The Balaban J connectivity index is 1.74. The lowest BCUT2D eigenvalue weighted by atomic mass is 10.2. The number of hydrogen-bond donors (Lipinski definition) is 1. The standard InChI is InChI=1S/C18H19NO2S/c1-2-12-19-18(20)15-8-10-16(11-9-15)21-13-14-22-17-6-4-3-5-7-17/h2-11H,1,12-14H2,(H,19,20). The van der Waals surface area contributed by atoms with Gasteiger partial charge in [0, 0.05) is 22.8 Å². The van der Waals surface area contributed by atoms with Gasteiger partial charge in [0.2, 0.25) is 0 Å². The van der Waals surface area contributed by atoms with Gasteiger partial charge in [0.15, 0.2) is 0 Å². The molecule has 2 aromatic carbocycles. The molecule has 2 aromatic rings. The third-order valence-electron chi connectivity index (χ3n) is 2.89. The van der Waals surface area contributed by atoms with E-state index < -0.39 is 0 Å². The Labute approximate surface area is 135 Å². The van der Waals surface area contributed by atoms with Gasteiger partial charge in [-0.05, 0) is 36.4 Å². The van der Waals surface area contributed by atoms with E-state index in [0.29, 0.717) is 18.7 Å². The zero-order valence-corrected chi connectivity index (χ0v) is 13.1. The number of amides is 1. The zero-order valence-electron chi connectivity index (χ0n) is 12.3. The molecule has 114 valence electrons. The topological polar surface area (TPSA) is 38.3 Å². The molecule has 1 N–H and O–H groups in total. The molecule has 0 bridgehead atoms. The van der Waals surface area contributed by atoms with E-state index in [1.807, 2.05) is 30.3 Å². The molecule has 22 heavy (non-hydrogen) atoms. The fourth-order valence-electron chi connectivity index (χ4n) is 1.81. The lowest BCUT2D eigenvalue weighted by Gasteiger charge is -2.07. The van der Waals surface area contributed by atoms with Crippen LogP contribution >= 0.6 is 11.8 Å². The minimum Gasteiger partial charge on any atom is -0.493 e. The fourth-order valence-corrected chi connectivity index (χ4v) is 2.56. The van der Waals surface area contributed by atoms with Crippen LogP contribution in [0.3, 0.4) is 0 Å². The van der Waals surface area contributed by atoms with E-state index in [4.69, 9.17) is 4.74 Å². The highest BCUT2D eigenvalue weighted by Crippen LogP contribution is 2.17. The molecule has 0 heterocycles. The van der Waals surface area contributed by atoms with Crippen LogP contribution in [0.1, 0.15) is 10.4 Å². The van der Waals surface area contributed by atoms with E-state index in [9.17, 15) is 4.79 Å². The number of carbonyl (C=O) groups is 1. The molecule has 3 nitrogen and oxygen atoms in total. The minimum atomic E-state index is -0.105.